The molecule has 0 atom stereocenters. The summed E-state index contributed by atoms with van der Waals surface area (Å²) in [5, 5.41) is 0. The summed E-state index contributed by atoms with van der Waals surface area (Å²) in [7, 11) is -3.57. The highest BCUT2D eigenvalue weighted by Gasteiger charge is 2.14. The molecule has 0 fully saturated rings. The number of nitrogens with two attached hydrogens (primary N) is 1. The molecular formula is C15H23N3O2SSi. The number of aryl methyl sites for hydroxylation is 1. The number of sulfonamides is 1. The summed E-state index contributed by atoms with van der Waals surface area (Å²) >= 11 is 0. The summed E-state index contributed by atoms with van der Waals surface area (Å²) in [6, 6.07) is 6.49. The largest absolute Gasteiger partial charge is 0.369 e. The van der Waals surface area contributed by atoms with E-state index in [2.05, 4.69) is 35.5 Å². The van der Waals surface area contributed by atoms with Crippen molar-refractivity contribution in [3.8, 4) is 11.5 Å². The lowest BCUT2D eigenvalue weighted by Crippen LogP contribution is -2.35. The van der Waals surface area contributed by atoms with Gasteiger partial charge in [0, 0.05) is 7.05 Å². The highest BCUT2D eigenvalue weighted by molar-refractivity contribution is 7.90. The maximum absolute atomic E-state index is 12.2. The van der Waals surface area contributed by atoms with Gasteiger partial charge in [-0.25, -0.2) is 0 Å². The Labute approximate surface area is 134 Å². The highest BCUT2D eigenvalue weighted by Crippen LogP contribution is 2.13. The first-order valence-electron chi connectivity index (χ1n) is 6.89. The van der Waals surface area contributed by atoms with Crippen LogP contribution in [0.5, 0.6) is 0 Å². The molecule has 0 aliphatic carbocycles. The lowest BCUT2D eigenvalue weighted by Gasteiger charge is -2.14. The molecule has 0 amide bonds. The van der Waals surface area contributed by atoms with Gasteiger partial charge >= 0.3 is 0 Å². The van der Waals surface area contributed by atoms with Gasteiger partial charge in [-0.1, -0.05) is 43.3 Å². The molecule has 0 aliphatic heterocycles. The number of hydrogen-bond acceptors (Lipinski definition) is 2. The molecule has 0 unspecified atom stereocenters. The van der Waals surface area contributed by atoms with Gasteiger partial charge in [-0.3, -0.25) is 0 Å². The number of guanidine groups is 1. The van der Waals surface area contributed by atoms with Crippen LogP contribution in [0.25, 0.3) is 0 Å². The molecule has 0 aliphatic rings. The third-order valence-electron chi connectivity index (χ3n) is 2.70. The summed E-state index contributed by atoms with van der Waals surface area (Å²) < 4.78 is 28.0. The molecule has 0 radical (unpaired) electrons. The molecule has 22 heavy (non-hydrogen) atoms. The Kier molecular flexibility index (Phi) is 5.80. The van der Waals surface area contributed by atoms with Crippen molar-refractivity contribution >= 4 is 24.1 Å². The van der Waals surface area contributed by atoms with Crippen molar-refractivity contribution in [2.75, 3.05) is 13.6 Å². The van der Waals surface area contributed by atoms with Gasteiger partial charge in [0.1, 0.15) is 8.07 Å². The van der Waals surface area contributed by atoms with Gasteiger partial charge in [-0.15, -0.1) is 9.94 Å². The smallest absolute Gasteiger partial charge is 0.285 e. The molecule has 5 nitrogen and oxygen atoms in total. The van der Waals surface area contributed by atoms with Gasteiger partial charge in [0.05, 0.1) is 11.4 Å². The fraction of sp³-hybridized carbons (Fsp3) is 0.400. The second-order valence-electron chi connectivity index (χ2n) is 6.15. The minimum atomic E-state index is -3.79. The summed E-state index contributed by atoms with van der Waals surface area (Å²) in [6.07, 6.45) is 0. The molecule has 0 saturated heterocycles. The first-order valence-corrected chi connectivity index (χ1v) is 11.8. The van der Waals surface area contributed by atoms with Crippen molar-refractivity contribution in [1.82, 2.24) is 4.90 Å². The Bertz CT molecular complexity index is 708. The Hall–Kier alpha value is -1.78. The number of hydrogen-bond donors (Lipinski definition) is 1. The van der Waals surface area contributed by atoms with Crippen molar-refractivity contribution in [1.29, 1.82) is 0 Å². The maximum Gasteiger partial charge on any atom is 0.285 e. The van der Waals surface area contributed by atoms with Gasteiger partial charge in [-0.2, -0.15) is 8.42 Å². The molecule has 0 bridgehead atoms. The van der Waals surface area contributed by atoms with Crippen molar-refractivity contribution in [3.05, 3.63) is 29.8 Å². The van der Waals surface area contributed by atoms with Gasteiger partial charge in [0.2, 0.25) is 5.96 Å². The Morgan fingerprint density at radius 2 is 1.82 bits per heavy atom. The molecule has 1 rings (SSSR count). The zero-order valence-electron chi connectivity index (χ0n) is 13.7. The SMILES string of the molecule is Cc1ccc(S(=O)(=O)/N=C(\N)N(C)CC#C[Si](C)(C)C)cc1. The van der Waals surface area contributed by atoms with Crippen LogP contribution in [0.4, 0.5) is 0 Å². The Morgan fingerprint density at radius 1 is 1.27 bits per heavy atom. The fourth-order valence-electron chi connectivity index (χ4n) is 1.46. The van der Waals surface area contributed by atoms with E-state index in [0.29, 0.717) is 6.54 Å². The van der Waals surface area contributed by atoms with E-state index in [1.165, 1.54) is 17.0 Å². The Morgan fingerprint density at radius 3 is 2.32 bits per heavy atom. The van der Waals surface area contributed by atoms with Gasteiger partial charge in [-0.05, 0) is 19.1 Å². The monoisotopic (exact) mass is 337 g/mol. The van der Waals surface area contributed by atoms with Crippen LogP contribution < -0.4 is 5.73 Å². The van der Waals surface area contributed by atoms with Crippen LogP contribution in [0.3, 0.4) is 0 Å². The minimum absolute atomic E-state index is 0.0644. The standard InChI is InChI=1S/C15H23N3O2SSi/c1-13-7-9-14(10-8-13)21(19,20)17-15(16)18(2)11-6-12-22(3,4)5/h7-10H,11H2,1-5H3,(H2,16,17). The van der Waals surface area contributed by atoms with Crippen LogP contribution in [0.15, 0.2) is 33.6 Å². The molecule has 0 heterocycles. The van der Waals surface area contributed by atoms with Crippen molar-refractivity contribution in [2.45, 2.75) is 31.5 Å². The van der Waals surface area contributed by atoms with Gasteiger partial charge in [0.15, 0.2) is 0 Å². The lowest BCUT2D eigenvalue weighted by molar-refractivity contribution is 0.562. The number of rotatable bonds is 3. The normalized spacial score (nSPS) is 12.5. The van der Waals surface area contributed by atoms with Crippen molar-refractivity contribution in [2.24, 2.45) is 10.1 Å². The molecule has 0 saturated carbocycles. The van der Waals surface area contributed by atoms with Crippen LogP contribution in [-0.2, 0) is 10.0 Å². The second-order valence-corrected chi connectivity index (χ2v) is 12.5. The van der Waals surface area contributed by atoms with Crippen LogP contribution in [-0.4, -0.2) is 40.9 Å². The predicted molar refractivity (Wildman–Crippen MR) is 93.7 cm³/mol. The maximum atomic E-state index is 12.2. The number of nitrogens with zero attached hydrogens (tertiary/aromatic N) is 2. The Balaban J connectivity index is 2.90. The molecule has 0 aromatic heterocycles. The molecule has 1 aromatic rings. The average Bonchev–Trinajstić information content (AvgIpc) is 2.37. The quantitative estimate of drug-likeness (QED) is 0.395. The molecule has 2 N–H and O–H groups in total. The van der Waals surface area contributed by atoms with Crippen LogP contribution in [0.2, 0.25) is 19.6 Å². The third-order valence-corrected chi connectivity index (χ3v) is 4.93. The minimum Gasteiger partial charge on any atom is -0.369 e. The van der Waals surface area contributed by atoms with Crippen molar-refractivity contribution < 1.29 is 8.42 Å². The molecule has 0 spiro atoms. The number of benzene rings is 1. The van der Waals surface area contributed by atoms with E-state index in [4.69, 9.17) is 5.73 Å². The lowest BCUT2D eigenvalue weighted by atomic mass is 10.2. The second kappa shape index (κ2) is 6.98. The highest BCUT2D eigenvalue weighted by atomic mass is 32.2. The molecule has 120 valence electrons. The predicted octanol–water partition coefficient (Wildman–Crippen LogP) is 1.81. The summed E-state index contributed by atoms with van der Waals surface area (Å²) in [5.41, 5.74) is 9.94. The first kappa shape index (κ1) is 18.3. The average molecular weight is 338 g/mol. The van der Waals surface area contributed by atoms with Crippen LogP contribution in [0.1, 0.15) is 5.56 Å². The van der Waals surface area contributed by atoms with Gasteiger partial charge < -0.3 is 10.6 Å². The molecule has 1 aromatic carbocycles. The van der Waals surface area contributed by atoms with E-state index in [0.717, 1.165) is 5.56 Å². The fourth-order valence-corrected chi connectivity index (χ4v) is 3.04. The van der Waals surface area contributed by atoms with E-state index in [1.54, 1.807) is 19.2 Å². The summed E-state index contributed by atoms with van der Waals surface area (Å²) in [6.45, 7) is 8.65. The van der Waals surface area contributed by atoms with E-state index >= 15 is 0 Å². The van der Waals surface area contributed by atoms with E-state index < -0.39 is 18.1 Å². The summed E-state index contributed by atoms with van der Waals surface area (Å²) in [5.74, 6) is 2.96. The first-order chi connectivity index (χ1) is 10.0. The topological polar surface area (TPSA) is 75.8 Å². The van der Waals surface area contributed by atoms with E-state index in [-0.39, 0.29) is 10.9 Å². The zero-order chi connectivity index (χ0) is 17.0. The third kappa shape index (κ3) is 5.91. The van der Waals surface area contributed by atoms with Crippen LogP contribution in [0, 0.1) is 18.4 Å². The van der Waals surface area contributed by atoms with Crippen LogP contribution >= 0.6 is 0 Å². The molecule has 7 heteroatoms. The zero-order valence-corrected chi connectivity index (χ0v) is 15.5. The molecular weight excluding hydrogens is 314 g/mol. The van der Waals surface area contributed by atoms with Gasteiger partial charge in [0.25, 0.3) is 10.0 Å². The van der Waals surface area contributed by atoms with E-state index in [9.17, 15) is 8.42 Å². The summed E-state index contributed by atoms with van der Waals surface area (Å²) in [4.78, 5) is 1.65. The van der Waals surface area contributed by atoms with Crippen molar-refractivity contribution in [3.63, 3.8) is 0 Å². The van der Waals surface area contributed by atoms with E-state index in [1.807, 2.05) is 6.92 Å².